The lowest BCUT2D eigenvalue weighted by Gasteiger charge is -2.10. The Hall–Kier alpha value is -2.89. The molecular weight excluding hydrogens is 314 g/mol. The van der Waals surface area contributed by atoms with Gasteiger partial charge in [-0.1, -0.05) is 32.0 Å². The van der Waals surface area contributed by atoms with Crippen molar-refractivity contribution in [2.24, 2.45) is 13.0 Å². The molecule has 1 aromatic carbocycles. The van der Waals surface area contributed by atoms with Gasteiger partial charge in [0, 0.05) is 25.4 Å². The van der Waals surface area contributed by atoms with Crippen LogP contribution in [-0.4, -0.2) is 26.4 Å². The van der Waals surface area contributed by atoms with Gasteiger partial charge < -0.3 is 10.1 Å². The molecule has 0 aliphatic rings. The van der Waals surface area contributed by atoms with Crippen molar-refractivity contribution in [3.63, 3.8) is 0 Å². The van der Waals surface area contributed by atoms with Gasteiger partial charge in [-0.05, 0) is 23.1 Å². The summed E-state index contributed by atoms with van der Waals surface area (Å²) in [5.41, 5.74) is 3.41. The number of aromatic nitrogens is 4. The molecule has 0 unspecified atom stereocenters. The minimum Gasteiger partial charge on any atom is -0.476 e. The molecule has 6 nitrogen and oxygen atoms in total. The van der Waals surface area contributed by atoms with E-state index in [-0.39, 0.29) is 0 Å². The molecule has 3 rings (SSSR count). The third kappa shape index (κ3) is 4.79. The van der Waals surface area contributed by atoms with Crippen LogP contribution in [0.4, 0.5) is 5.82 Å². The van der Waals surface area contributed by atoms with E-state index in [1.807, 2.05) is 25.5 Å². The molecule has 6 heteroatoms. The van der Waals surface area contributed by atoms with E-state index in [0.717, 1.165) is 16.7 Å². The minimum absolute atomic E-state index is 0.452. The molecule has 0 atom stereocenters. The number of ether oxygens (including phenoxy) is 1. The maximum absolute atomic E-state index is 5.62. The summed E-state index contributed by atoms with van der Waals surface area (Å²) in [7, 11) is 1.92. The predicted molar refractivity (Wildman–Crippen MR) is 98.3 cm³/mol. The highest BCUT2D eigenvalue weighted by Crippen LogP contribution is 2.20. The number of benzene rings is 1. The van der Waals surface area contributed by atoms with Gasteiger partial charge in [-0.25, -0.2) is 0 Å². The number of rotatable bonds is 7. The van der Waals surface area contributed by atoms with E-state index >= 15 is 0 Å². The second kappa shape index (κ2) is 7.79. The molecule has 0 spiro atoms. The van der Waals surface area contributed by atoms with Crippen LogP contribution in [0.5, 0.6) is 5.88 Å². The van der Waals surface area contributed by atoms with Crippen LogP contribution < -0.4 is 10.1 Å². The molecule has 0 saturated heterocycles. The first kappa shape index (κ1) is 17.0. The van der Waals surface area contributed by atoms with Crippen LogP contribution in [0.15, 0.2) is 49.1 Å². The Balaban J connectivity index is 1.65. The van der Waals surface area contributed by atoms with Crippen LogP contribution in [0.2, 0.25) is 0 Å². The molecule has 0 amide bonds. The number of hydrogen-bond acceptors (Lipinski definition) is 5. The maximum atomic E-state index is 5.62. The highest BCUT2D eigenvalue weighted by molar-refractivity contribution is 5.62. The van der Waals surface area contributed by atoms with E-state index in [1.165, 1.54) is 0 Å². The first-order chi connectivity index (χ1) is 12.1. The Labute approximate surface area is 147 Å². The SMILES string of the molecule is CC(C)COc1cncc(NCc2cccc(-c3cnn(C)c3)c2)n1. The van der Waals surface area contributed by atoms with Gasteiger partial charge in [0.05, 0.1) is 25.2 Å². The van der Waals surface area contributed by atoms with Gasteiger partial charge >= 0.3 is 0 Å². The van der Waals surface area contributed by atoms with Crippen LogP contribution >= 0.6 is 0 Å². The standard InChI is InChI=1S/C19H23N5O/c1-14(2)13-25-19-11-20-10-18(23-19)21-8-15-5-4-6-16(7-15)17-9-22-24(3)12-17/h4-7,9-12,14H,8,13H2,1-3H3,(H,21,23). The van der Waals surface area contributed by atoms with Crippen molar-refractivity contribution in [3.8, 4) is 17.0 Å². The van der Waals surface area contributed by atoms with E-state index in [9.17, 15) is 0 Å². The van der Waals surface area contributed by atoms with Crippen molar-refractivity contribution < 1.29 is 4.74 Å². The Morgan fingerprint density at radius 2 is 2.04 bits per heavy atom. The van der Waals surface area contributed by atoms with Crippen LogP contribution in [-0.2, 0) is 13.6 Å². The van der Waals surface area contributed by atoms with Crippen molar-refractivity contribution >= 4 is 5.82 Å². The van der Waals surface area contributed by atoms with E-state index in [1.54, 1.807) is 17.1 Å². The second-order valence-electron chi connectivity index (χ2n) is 6.40. The highest BCUT2D eigenvalue weighted by Gasteiger charge is 2.04. The lowest BCUT2D eigenvalue weighted by atomic mass is 10.1. The average Bonchev–Trinajstić information content (AvgIpc) is 3.05. The molecule has 0 saturated carbocycles. The normalized spacial score (nSPS) is 10.9. The summed E-state index contributed by atoms with van der Waals surface area (Å²) in [5, 5.41) is 7.52. The van der Waals surface area contributed by atoms with Crippen LogP contribution in [0, 0.1) is 5.92 Å². The largest absolute Gasteiger partial charge is 0.476 e. The van der Waals surface area contributed by atoms with E-state index < -0.39 is 0 Å². The number of aryl methyl sites for hydroxylation is 1. The summed E-state index contributed by atoms with van der Waals surface area (Å²) in [6.07, 6.45) is 7.21. The third-order valence-corrected chi connectivity index (χ3v) is 3.62. The first-order valence-electron chi connectivity index (χ1n) is 8.37. The number of nitrogens with zero attached hydrogens (tertiary/aromatic N) is 4. The number of nitrogens with one attached hydrogen (secondary N) is 1. The Bertz CT molecular complexity index is 828. The molecule has 0 aliphatic carbocycles. The molecule has 2 aromatic heterocycles. The molecular formula is C19H23N5O. The number of anilines is 1. The van der Waals surface area contributed by atoms with Crippen molar-refractivity contribution in [1.29, 1.82) is 0 Å². The minimum atomic E-state index is 0.452. The molecule has 130 valence electrons. The lowest BCUT2D eigenvalue weighted by molar-refractivity contribution is 0.260. The average molecular weight is 337 g/mol. The quantitative estimate of drug-likeness (QED) is 0.714. The summed E-state index contributed by atoms with van der Waals surface area (Å²) in [4.78, 5) is 8.62. The first-order valence-corrected chi connectivity index (χ1v) is 8.37. The highest BCUT2D eigenvalue weighted by atomic mass is 16.5. The van der Waals surface area contributed by atoms with Crippen molar-refractivity contribution in [3.05, 3.63) is 54.6 Å². The van der Waals surface area contributed by atoms with Crippen LogP contribution in [0.1, 0.15) is 19.4 Å². The molecule has 0 bridgehead atoms. The fraction of sp³-hybridized carbons (Fsp3) is 0.316. The van der Waals surface area contributed by atoms with Crippen LogP contribution in [0.3, 0.4) is 0 Å². The van der Waals surface area contributed by atoms with Gasteiger partial charge in [0.25, 0.3) is 0 Å². The Morgan fingerprint density at radius 3 is 2.80 bits per heavy atom. The molecule has 0 aliphatic heterocycles. The van der Waals surface area contributed by atoms with Crippen molar-refractivity contribution in [2.75, 3.05) is 11.9 Å². The predicted octanol–water partition coefficient (Wildman–Crippen LogP) is 3.52. The Kier molecular flexibility index (Phi) is 5.28. The summed E-state index contributed by atoms with van der Waals surface area (Å²) >= 11 is 0. The zero-order valence-electron chi connectivity index (χ0n) is 14.8. The van der Waals surface area contributed by atoms with Gasteiger partial charge in [0.15, 0.2) is 0 Å². The molecule has 3 aromatic rings. The summed E-state index contributed by atoms with van der Waals surface area (Å²) in [6, 6.07) is 8.36. The molecule has 0 fully saturated rings. The smallest absolute Gasteiger partial charge is 0.234 e. The van der Waals surface area contributed by atoms with Gasteiger partial charge in [-0.2, -0.15) is 10.1 Å². The maximum Gasteiger partial charge on any atom is 0.234 e. The Morgan fingerprint density at radius 1 is 1.16 bits per heavy atom. The molecule has 25 heavy (non-hydrogen) atoms. The number of hydrogen-bond donors (Lipinski definition) is 1. The van der Waals surface area contributed by atoms with Gasteiger partial charge in [0.1, 0.15) is 5.82 Å². The fourth-order valence-corrected chi connectivity index (χ4v) is 2.38. The van der Waals surface area contributed by atoms with Gasteiger partial charge in [0.2, 0.25) is 5.88 Å². The molecule has 2 heterocycles. The topological polar surface area (TPSA) is 64.9 Å². The fourth-order valence-electron chi connectivity index (χ4n) is 2.38. The van der Waals surface area contributed by atoms with Gasteiger partial charge in [-0.15, -0.1) is 0 Å². The monoisotopic (exact) mass is 337 g/mol. The van der Waals surface area contributed by atoms with E-state index in [0.29, 0.717) is 30.8 Å². The van der Waals surface area contributed by atoms with E-state index in [2.05, 4.69) is 52.4 Å². The zero-order chi connectivity index (χ0) is 17.6. The lowest BCUT2D eigenvalue weighted by Crippen LogP contribution is -2.07. The summed E-state index contributed by atoms with van der Waals surface area (Å²) < 4.78 is 7.42. The second-order valence-corrected chi connectivity index (χ2v) is 6.40. The summed E-state index contributed by atoms with van der Waals surface area (Å²) in [5.74, 6) is 1.70. The van der Waals surface area contributed by atoms with Gasteiger partial charge in [-0.3, -0.25) is 9.67 Å². The third-order valence-electron chi connectivity index (χ3n) is 3.62. The zero-order valence-corrected chi connectivity index (χ0v) is 14.8. The molecule has 1 N–H and O–H groups in total. The summed E-state index contributed by atoms with van der Waals surface area (Å²) in [6.45, 7) is 5.50. The molecule has 0 radical (unpaired) electrons. The van der Waals surface area contributed by atoms with E-state index in [4.69, 9.17) is 4.74 Å². The van der Waals surface area contributed by atoms with Crippen LogP contribution in [0.25, 0.3) is 11.1 Å². The van der Waals surface area contributed by atoms with Crippen molar-refractivity contribution in [2.45, 2.75) is 20.4 Å². The van der Waals surface area contributed by atoms with Crippen molar-refractivity contribution in [1.82, 2.24) is 19.7 Å².